The minimum Gasteiger partial charge on any atom is -0.490 e. The second kappa shape index (κ2) is 12.4. The molecule has 2 N–H and O–H groups in total. The lowest BCUT2D eigenvalue weighted by Crippen LogP contribution is -2.44. The van der Waals surface area contributed by atoms with Crippen LogP contribution in [0.2, 0.25) is 0 Å². The average molecular weight is 611 g/mol. The fourth-order valence-electron chi connectivity index (χ4n) is 4.77. The van der Waals surface area contributed by atoms with E-state index >= 15 is 0 Å². The van der Waals surface area contributed by atoms with Crippen LogP contribution in [-0.2, 0) is 4.74 Å². The van der Waals surface area contributed by atoms with Crippen LogP contribution >= 0.6 is 0 Å². The van der Waals surface area contributed by atoms with Crippen molar-refractivity contribution in [2.45, 2.75) is 51.5 Å². The van der Waals surface area contributed by atoms with E-state index in [9.17, 15) is 22.8 Å². The van der Waals surface area contributed by atoms with Crippen LogP contribution in [0.4, 0.5) is 28.4 Å². The van der Waals surface area contributed by atoms with Crippen LogP contribution in [0.5, 0.6) is 5.75 Å². The third-order valence-corrected chi connectivity index (χ3v) is 6.80. The van der Waals surface area contributed by atoms with Gasteiger partial charge in [0, 0.05) is 55.1 Å². The number of fused-ring (bicyclic) bond motifs is 1. The van der Waals surface area contributed by atoms with Gasteiger partial charge in [-0.3, -0.25) is 0 Å². The van der Waals surface area contributed by atoms with Gasteiger partial charge in [0.05, 0.1) is 6.20 Å². The Bertz CT molecular complexity index is 1640. The molecular weight excluding hydrogens is 577 g/mol. The zero-order valence-corrected chi connectivity index (χ0v) is 24.5. The van der Waals surface area contributed by atoms with Crippen molar-refractivity contribution in [1.29, 1.82) is 0 Å². The van der Waals surface area contributed by atoms with Crippen molar-refractivity contribution in [1.82, 2.24) is 24.8 Å². The third-order valence-electron chi connectivity index (χ3n) is 6.80. The number of nitrogens with one attached hydrogen (secondary N) is 2. The lowest BCUT2D eigenvalue weighted by Gasteiger charge is -2.33. The number of halogens is 3. The van der Waals surface area contributed by atoms with E-state index < -0.39 is 24.4 Å². The second-order valence-electron chi connectivity index (χ2n) is 11.5. The first-order chi connectivity index (χ1) is 20.8. The van der Waals surface area contributed by atoms with Crippen LogP contribution < -0.4 is 15.4 Å². The number of piperidine rings is 1. The highest BCUT2D eigenvalue weighted by atomic mass is 19.4. The molecule has 44 heavy (non-hydrogen) atoms. The van der Waals surface area contributed by atoms with Crippen molar-refractivity contribution in [2.75, 3.05) is 25.0 Å². The standard InChI is InChI=1S/C31H33F3N6O4/c1-30(2,3)44-29(42)39-12-10-24(11-13-39)43-25-9-5-6-20(15-25)22-16-35-27-26(17-37-40(27)18-22)21-7-4-8-23(14-21)38-28(41)36-19-31(32,33)34/h4-9,14-18,24H,10-13,19H2,1-3H3,(H2,36,38,41). The van der Waals surface area contributed by atoms with Crippen molar-refractivity contribution in [2.24, 2.45) is 0 Å². The molecule has 0 unspecified atom stereocenters. The van der Waals surface area contributed by atoms with Gasteiger partial charge in [0.25, 0.3) is 0 Å². The molecular formula is C31H33F3N6O4. The number of urea groups is 1. The number of benzene rings is 2. The molecule has 0 atom stereocenters. The van der Waals surface area contributed by atoms with E-state index in [1.54, 1.807) is 51.4 Å². The molecule has 0 aliphatic carbocycles. The summed E-state index contributed by atoms with van der Waals surface area (Å²) < 4.78 is 50.6. The molecule has 1 aliphatic rings. The predicted molar refractivity (Wildman–Crippen MR) is 158 cm³/mol. The quantitative estimate of drug-likeness (QED) is 0.257. The summed E-state index contributed by atoms with van der Waals surface area (Å²) in [7, 11) is 0. The minimum atomic E-state index is -4.50. The molecule has 5 rings (SSSR count). The van der Waals surface area contributed by atoms with Gasteiger partial charge in [-0.1, -0.05) is 24.3 Å². The minimum absolute atomic E-state index is 0.0285. The summed E-state index contributed by atoms with van der Waals surface area (Å²) in [5, 5.41) is 8.64. The van der Waals surface area contributed by atoms with Gasteiger partial charge in [0.1, 0.15) is 24.0 Å². The maximum atomic E-state index is 12.4. The summed E-state index contributed by atoms with van der Waals surface area (Å²) in [4.78, 5) is 30.6. The van der Waals surface area contributed by atoms with Crippen LogP contribution in [0.25, 0.3) is 27.9 Å². The Morgan fingerprint density at radius 1 is 0.977 bits per heavy atom. The number of hydrogen-bond acceptors (Lipinski definition) is 6. The number of ether oxygens (including phenoxy) is 2. The Balaban J connectivity index is 1.24. The normalized spacial score (nSPS) is 14.4. The Kier molecular flexibility index (Phi) is 8.66. The summed E-state index contributed by atoms with van der Waals surface area (Å²) in [6.07, 6.45) is 1.76. The maximum absolute atomic E-state index is 12.4. The lowest BCUT2D eigenvalue weighted by molar-refractivity contribution is -0.122. The number of aromatic nitrogens is 3. The van der Waals surface area contributed by atoms with E-state index in [-0.39, 0.29) is 12.2 Å². The molecule has 1 fully saturated rings. The monoisotopic (exact) mass is 610 g/mol. The Morgan fingerprint density at radius 2 is 1.70 bits per heavy atom. The molecule has 232 valence electrons. The molecule has 0 spiro atoms. The summed E-state index contributed by atoms with van der Waals surface area (Å²) in [6, 6.07) is 13.4. The number of anilines is 1. The van der Waals surface area contributed by atoms with Crippen LogP contribution in [0.15, 0.2) is 67.1 Å². The zero-order chi connectivity index (χ0) is 31.5. The lowest BCUT2D eigenvalue weighted by atomic mass is 10.1. The maximum Gasteiger partial charge on any atom is 0.410 e. The highest BCUT2D eigenvalue weighted by molar-refractivity contribution is 5.90. The number of alkyl halides is 3. The van der Waals surface area contributed by atoms with Gasteiger partial charge in [0.15, 0.2) is 5.65 Å². The Labute approximate surface area is 252 Å². The van der Waals surface area contributed by atoms with Gasteiger partial charge < -0.3 is 25.0 Å². The van der Waals surface area contributed by atoms with E-state index in [4.69, 9.17) is 9.47 Å². The summed E-state index contributed by atoms with van der Waals surface area (Å²) >= 11 is 0. The third kappa shape index (κ3) is 7.97. The number of likely N-dealkylation sites (tertiary alicyclic amines) is 1. The molecule has 13 heteroatoms. The Hall–Kier alpha value is -4.81. The molecule has 0 saturated carbocycles. The number of carbonyl (C=O) groups is 2. The summed E-state index contributed by atoms with van der Waals surface area (Å²) in [5.41, 5.74) is 3.42. The van der Waals surface area contributed by atoms with Gasteiger partial charge in [-0.2, -0.15) is 18.3 Å². The van der Waals surface area contributed by atoms with E-state index in [0.717, 1.165) is 11.1 Å². The topological polar surface area (TPSA) is 110 Å². The molecule has 10 nitrogen and oxygen atoms in total. The van der Waals surface area contributed by atoms with Crippen LogP contribution in [-0.4, -0.2) is 69.1 Å². The number of nitrogens with zero attached hydrogens (tertiary/aromatic N) is 4. The molecule has 1 saturated heterocycles. The highest BCUT2D eigenvalue weighted by Gasteiger charge is 2.28. The second-order valence-corrected chi connectivity index (χ2v) is 11.5. The number of rotatable bonds is 6. The highest BCUT2D eigenvalue weighted by Crippen LogP contribution is 2.29. The number of hydrogen-bond donors (Lipinski definition) is 2. The molecule has 2 aromatic carbocycles. The fraction of sp³-hybridized carbons (Fsp3) is 0.355. The number of amides is 3. The first kappa shape index (κ1) is 30.6. The van der Waals surface area contributed by atoms with E-state index in [1.807, 2.05) is 51.2 Å². The Morgan fingerprint density at radius 3 is 2.43 bits per heavy atom. The number of carbonyl (C=O) groups excluding carboxylic acids is 2. The van der Waals surface area contributed by atoms with Crippen LogP contribution in [0.1, 0.15) is 33.6 Å². The molecule has 3 amide bonds. The van der Waals surface area contributed by atoms with E-state index in [0.29, 0.717) is 54.1 Å². The van der Waals surface area contributed by atoms with E-state index in [2.05, 4.69) is 15.4 Å². The van der Waals surface area contributed by atoms with E-state index in [1.165, 1.54) is 0 Å². The average Bonchev–Trinajstić information content (AvgIpc) is 3.39. The summed E-state index contributed by atoms with van der Waals surface area (Å²) in [6.45, 7) is 5.24. The van der Waals surface area contributed by atoms with Crippen LogP contribution in [0.3, 0.4) is 0 Å². The van der Waals surface area contributed by atoms with Crippen molar-refractivity contribution >= 4 is 23.5 Å². The zero-order valence-electron chi connectivity index (χ0n) is 24.5. The van der Waals surface area contributed by atoms with Crippen molar-refractivity contribution in [3.05, 3.63) is 67.1 Å². The van der Waals surface area contributed by atoms with Crippen molar-refractivity contribution < 1.29 is 32.2 Å². The molecule has 0 radical (unpaired) electrons. The van der Waals surface area contributed by atoms with Gasteiger partial charge in [-0.25, -0.2) is 19.1 Å². The smallest absolute Gasteiger partial charge is 0.410 e. The van der Waals surface area contributed by atoms with Gasteiger partial charge in [0.2, 0.25) is 0 Å². The molecule has 1 aliphatic heterocycles. The first-order valence-electron chi connectivity index (χ1n) is 14.1. The van der Waals surface area contributed by atoms with Gasteiger partial charge in [-0.05, 0) is 56.2 Å². The molecule has 0 bridgehead atoms. The van der Waals surface area contributed by atoms with Crippen molar-refractivity contribution in [3.63, 3.8) is 0 Å². The summed E-state index contributed by atoms with van der Waals surface area (Å²) in [5.74, 6) is 0.711. The van der Waals surface area contributed by atoms with Crippen molar-refractivity contribution in [3.8, 4) is 28.0 Å². The SMILES string of the molecule is CC(C)(C)OC(=O)N1CCC(Oc2cccc(-c3cnc4c(-c5cccc(NC(=O)NCC(F)(F)F)c5)cnn4c3)c2)CC1. The fourth-order valence-corrected chi connectivity index (χ4v) is 4.77. The van der Waals surface area contributed by atoms with Crippen LogP contribution in [0, 0.1) is 0 Å². The predicted octanol–water partition coefficient (Wildman–Crippen LogP) is 6.53. The van der Waals surface area contributed by atoms with Gasteiger partial charge >= 0.3 is 18.3 Å². The molecule has 4 aromatic rings. The molecule has 3 heterocycles. The van der Waals surface area contributed by atoms with Gasteiger partial charge in [-0.15, -0.1) is 0 Å². The first-order valence-corrected chi connectivity index (χ1v) is 14.1. The molecule has 2 aromatic heterocycles. The largest absolute Gasteiger partial charge is 0.490 e.